The minimum atomic E-state index is 0.0572. The molecule has 0 bridgehead atoms. The second-order valence-corrected chi connectivity index (χ2v) is 4.61. The Labute approximate surface area is 105 Å². The molecular formula is C12H15N5O. The van der Waals surface area contributed by atoms with Gasteiger partial charge < -0.3 is 10.5 Å². The highest BCUT2D eigenvalue weighted by molar-refractivity contribution is 5.68. The highest BCUT2D eigenvalue weighted by Crippen LogP contribution is 2.38. The van der Waals surface area contributed by atoms with Crippen LogP contribution in [-0.4, -0.2) is 32.9 Å². The first-order valence-corrected chi connectivity index (χ1v) is 5.92. The van der Waals surface area contributed by atoms with Crippen molar-refractivity contribution in [1.82, 2.24) is 20.2 Å². The van der Waals surface area contributed by atoms with Crippen LogP contribution in [-0.2, 0) is 13.5 Å². The number of aryl methyl sites for hydroxylation is 2. The van der Waals surface area contributed by atoms with Crippen molar-refractivity contribution in [3.05, 3.63) is 23.3 Å². The lowest BCUT2D eigenvalue weighted by molar-refractivity contribution is 0.242. The SMILES string of the molecule is Cc1cc2c(c(-c3nnnn3C)c1)OC(CN)C2. The Morgan fingerprint density at radius 3 is 3.00 bits per heavy atom. The van der Waals surface area contributed by atoms with Gasteiger partial charge in [-0.2, -0.15) is 0 Å². The van der Waals surface area contributed by atoms with E-state index in [1.54, 1.807) is 4.68 Å². The van der Waals surface area contributed by atoms with E-state index in [1.165, 1.54) is 11.1 Å². The van der Waals surface area contributed by atoms with Gasteiger partial charge in [0.15, 0.2) is 5.82 Å². The lowest BCUT2D eigenvalue weighted by Gasteiger charge is -2.10. The molecule has 0 saturated heterocycles. The van der Waals surface area contributed by atoms with Gasteiger partial charge in [-0.15, -0.1) is 5.10 Å². The van der Waals surface area contributed by atoms with E-state index in [0.717, 1.165) is 17.7 Å². The fourth-order valence-electron chi connectivity index (χ4n) is 2.35. The van der Waals surface area contributed by atoms with E-state index in [-0.39, 0.29) is 6.10 Å². The van der Waals surface area contributed by atoms with Crippen LogP contribution in [0, 0.1) is 6.92 Å². The summed E-state index contributed by atoms with van der Waals surface area (Å²) in [6.07, 6.45) is 0.910. The number of tetrazole rings is 1. The number of hydrogen-bond acceptors (Lipinski definition) is 5. The van der Waals surface area contributed by atoms with Gasteiger partial charge in [0.25, 0.3) is 0 Å². The van der Waals surface area contributed by atoms with Crippen LogP contribution in [0.2, 0.25) is 0 Å². The van der Waals surface area contributed by atoms with Gasteiger partial charge in [0, 0.05) is 20.0 Å². The molecule has 1 unspecified atom stereocenters. The van der Waals surface area contributed by atoms with E-state index in [9.17, 15) is 0 Å². The molecular weight excluding hydrogens is 230 g/mol. The number of nitrogens with two attached hydrogens (primary N) is 1. The van der Waals surface area contributed by atoms with Crippen molar-refractivity contribution >= 4 is 0 Å². The Morgan fingerprint density at radius 1 is 1.50 bits per heavy atom. The van der Waals surface area contributed by atoms with Gasteiger partial charge in [-0.25, -0.2) is 4.68 Å². The molecule has 0 amide bonds. The monoisotopic (exact) mass is 245 g/mol. The maximum absolute atomic E-state index is 5.89. The molecule has 94 valence electrons. The molecule has 6 nitrogen and oxygen atoms in total. The van der Waals surface area contributed by atoms with Crippen LogP contribution in [0.5, 0.6) is 5.75 Å². The van der Waals surface area contributed by atoms with Gasteiger partial charge in [0.05, 0.1) is 5.56 Å². The third kappa shape index (κ3) is 1.65. The van der Waals surface area contributed by atoms with E-state index < -0.39 is 0 Å². The minimum Gasteiger partial charge on any atom is -0.488 e. The van der Waals surface area contributed by atoms with E-state index in [0.29, 0.717) is 12.4 Å². The molecule has 1 aromatic heterocycles. The number of rotatable bonds is 2. The summed E-state index contributed by atoms with van der Waals surface area (Å²) in [5.74, 6) is 1.58. The molecule has 1 aromatic carbocycles. The summed E-state index contributed by atoms with van der Waals surface area (Å²) in [6.45, 7) is 2.58. The van der Waals surface area contributed by atoms with Gasteiger partial charge in [0.1, 0.15) is 11.9 Å². The molecule has 3 rings (SSSR count). The van der Waals surface area contributed by atoms with Crippen molar-refractivity contribution in [3.8, 4) is 17.1 Å². The molecule has 0 radical (unpaired) electrons. The lowest BCUT2D eigenvalue weighted by atomic mass is 10.0. The molecule has 2 heterocycles. The number of benzene rings is 1. The van der Waals surface area contributed by atoms with Crippen LogP contribution in [0.1, 0.15) is 11.1 Å². The molecule has 18 heavy (non-hydrogen) atoms. The number of aromatic nitrogens is 4. The van der Waals surface area contributed by atoms with Crippen LogP contribution in [0.4, 0.5) is 0 Å². The zero-order chi connectivity index (χ0) is 12.7. The summed E-state index contributed by atoms with van der Waals surface area (Å²) in [4.78, 5) is 0. The standard InChI is InChI=1S/C12H15N5O/c1-7-3-8-5-9(6-13)18-11(8)10(4-7)12-14-15-16-17(12)2/h3-4,9H,5-6,13H2,1-2H3. The summed E-state index contributed by atoms with van der Waals surface area (Å²) in [7, 11) is 1.82. The minimum absolute atomic E-state index is 0.0572. The maximum atomic E-state index is 5.89. The van der Waals surface area contributed by atoms with Crippen LogP contribution in [0.3, 0.4) is 0 Å². The summed E-state index contributed by atoms with van der Waals surface area (Å²) in [5, 5.41) is 11.6. The van der Waals surface area contributed by atoms with Crippen molar-refractivity contribution < 1.29 is 4.74 Å². The average Bonchev–Trinajstić information content (AvgIpc) is 2.93. The number of ether oxygens (including phenoxy) is 1. The van der Waals surface area contributed by atoms with Crippen molar-refractivity contribution in [3.63, 3.8) is 0 Å². The highest BCUT2D eigenvalue weighted by Gasteiger charge is 2.26. The zero-order valence-electron chi connectivity index (χ0n) is 10.4. The molecule has 2 N–H and O–H groups in total. The molecule has 2 aromatic rings. The first-order valence-electron chi connectivity index (χ1n) is 5.92. The summed E-state index contributed by atoms with van der Waals surface area (Å²) < 4.78 is 7.53. The molecule has 1 aliphatic heterocycles. The predicted octanol–water partition coefficient (Wildman–Crippen LogP) is 0.448. The molecule has 1 aliphatic rings. The topological polar surface area (TPSA) is 78.8 Å². The maximum Gasteiger partial charge on any atom is 0.185 e. The van der Waals surface area contributed by atoms with Crippen LogP contribution in [0.25, 0.3) is 11.4 Å². The number of fused-ring (bicyclic) bond motifs is 1. The molecule has 0 fully saturated rings. The van der Waals surface area contributed by atoms with Gasteiger partial charge >= 0.3 is 0 Å². The zero-order valence-corrected chi connectivity index (χ0v) is 10.4. The van der Waals surface area contributed by atoms with Crippen LogP contribution < -0.4 is 10.5 Å². The van der Waals surface area contributed by atoms with E-state index in [1.807, 2.05) is 13.1 Å². The van der Waals surface area contributed by atoms with Crippen molar-refractivity contribution in [2.24, 2.45) is 12.8 Å². The Hall–Kier alpha value is -1.95. The Bertz CT molecular complexity index is 592. The molecule has 1 atom stereocenters. The normalized spacial score (nSPS) is 17.6. The third-order valence-corrected chi connectivity index (χ3v) is 3.17. The first-order chi connectivity index (χ1) is 8.69. The summed E-state index contributed by atoms with van der Waals surface area (Å²) >= 11 is 0. The molecule has 0 spiro atoms. The van der Waals surface area contributed by atoms with Crippen LogP contribution in [0.15, 0.2) is 12.1 Å². The first kappa shape index (κ1) is 11.2. The van der Waals surface area contributed by atoms with Crippen molar-refractivity contribution in [1.29, 1.82) is 0 Å². The van der Waals surface area contributed by atoms with Crippen LogP contribution >= 0.6 is 0 Å². The average molecular weight is 245 g/mol. The number of nitrogens with zero attached hydrogens (tertiary/aromatic N) is 4. The molecule has 6 heteroatoms. The summed E-state index contributed by atoms with van der Waals surface area (Å²) in [6, 6.07) is 4.18. The van der Waals surface area contributed by atoms with Crippen molar-refractivity contribution in [2.75, 3.05) is 6.54 Å². The quantitative estimate of drug-likeness (QED) is 0.831. The smallest absolute Gasteiger partial charge is 0.185 e. The van der Waals surface area contributed by atoms with E-state index >= 15 is 0 Å². The second kappa shape index (κ2) is 4.06. The highest BCUT2D eigenvalue weighted by atomic mass is 16.5. The van der Waals surface area contributed by atoms with E-state index in [4.69, 9.17) is 10.5 Å². The lowest BCUT2D eigenvalue weighted by Crippen LogP contribution is -2.24. The van der Waals surface area contributed by atoms with E-state index in [2.05, 4.69) is 28.5 Å². The largest absolute Gasteiger partial charge is 0.488 e. The predicted molar refractivity (Wildman–Crippen MR) is 66.1 cm³/mol. The van der Waals surface area contributed by atoms with Gasteiger partial charge in [-0.05, 0) is 34.5 Å². The van der Waals surface area contributed by atoms with Crippen molar-refractivity contribution in [2.45, 2.75) is 19.4 Å². The Kier molecular flexibility index (Phi) is 2.52. The number of hydrogen-bond donors (Lipinski definition) is 1. The Balaban J connectivity index is 2.15. The van der Waals surface area contributed by atoms with Gasteiger partial charge in [0.2, 0.25) is 0 Å². The molecule has 0 saturated carbocycles. The van der Waals surface area contributed by atoms with Gasteiger partial charge in [-0.1, -0.05) is 6.07 Å². The molecule has 0 aliphatic carbocycles. The fraction of sp³-hybridized carbons (Fsp3) is 0.417. The fourth-order valence-corrected chi connectivity index (χ4v) is 2.35. The summed E-state index contributed by atoms with van der Waals surface area (Å²) in [5.41, 5.74) is 8.98. The third-order valence-electron chi connectivity index (χ3n) is 3.17. The van der Waals surface area contributed by atoms with Gasteiger partial charge in [-0.3, -0.25) is 0 Å². The Morgan fingerprint density at radius 2 is 2.33 bits per heavy atom. The second-order valence-electron chi connectivity index (χ2n) is 4.61.